The fourth-order valence-electron chi connectivity index (χ4n) is 3.19. The number of nitrogens with one attached hydrogen (secondary N) is 2. The summed E-state index contributed by atoms with van der Waals surface area (Å²) in [6, 6.07) is 8.22. The number of methoxy groups -OCH3 is 1. The molecule has 9 nitrogen and oxygen atoms in total. The van der Waals surface area contributed by atoms with Crippen molar-refractivity contribution >= 4 is 33.2 Å². The number of sulfonamides is 1. The molecule has 0 aromatic heterocycles. The van der Waals surface area contributed by atoms with E-state index in [2.05, 4.69) is 10.6 Å². The van der Waals surface area contributed by atoms with Gasteiger partial charge in [0.25, 0.3) is 5.91 Å². The molecule has 0 saturated carbocycles. The van der Waals surface area contributed by atoms with E-state index in [4.69, 9.17) is 9.47 Å². The molecule has 3 rings (SSSR count). The largest absolute Gasteiger partial charge is 0.495 e. The third-order valence-electron chi connectivity index (χ3n) is 4.89. The van der Waals surface area contributed by atoms with Crippen molar-refractivity contribution in [1.82, 2.24) is 4.31 Å². The van der Waals surface area contributed by atoms with Crippen LogP contribution in [0.1, 0.15) is 18.1 Å². The van der Waals surface area contributed by atoms with Crippen LogP contribution in [-0.2, 0) is 19.6 Å². The second-order valence-corrected chi connectivity index (χ2v) is 9.39. The Morgan fingerprint density at radius 1 is 1.26 bits per heavy atom. The van der Waals surface area contributed by atoms with Crippen molar-refractivity contribution < 1.29 is 27.5 Å². The smallest absolute Gasteiger partial charge is 0.265 e. The number of benzene rings is 2. The maximum atomic E-state index is 13.1. The molecule has 1 unspecified atom stereocenters. The van der Waals surface area contributed by atoms with Gasteiger partial charge in [-0.2, -0.15) is 4.31 Å². The van der Waals surface area contributed by atoms with Gasteiger partial charge in [-0.3, -0.25) is 9.59 Å². The maximum Gasteiger partial charge on any atom is 0.265 e. The van der Waals surface area contributed by atoms with Gasteiger partial charge in [-0.05, 0) is 50.1 Å². The average molecular weight is 448 g/mol. The summed E-state index contributed by atoms with van der Waals surface area (Å²) in [6.07, 6.45) is -0.737. The minimum Gasteiger partial charge on any atom is -0.495 e. The number of hydrogen-bond acceptors (Lipinski definition) is 6. The lowest BCUT2D eigenvalue weighted by Gasteiger charge is -2.25. The molecule has 0 bridgehead atoms. The Hall–Kier alpha value is -3.11. The first kappa shape index (κ1) is 22.6. The molecule has 0 radical (unpaired) electrons. The first-order valence-corrected chi connectivity index (χ1v) is 11.0. The first-order valence-electron chi connectivity index (χ1n) is 9.56. The number of anilines is 2. The molecule has 10 heteroatoms. The number of carbonyl (C=O) groups excluding carboxylic acids is 2. The molecule has 2 amide bonds. The molecular weight excluding hydrogens is 422 g/mol. The maximum absolute atomic E-state index is 13.1. The van der Waals surface area contributed by atoms with Crippen LogP contribution < -0.4 is 20.1 Å². The summed E-state index contributed by atoms with van der Waals surface area (Å²) in [4.78, 5) is 24.3. The monoisotopic (exact) mass is 447 g/mol. The highest BCUT2D eigenvalue weighted by Gasteiger charge is 2.30. The van der Waals surface area contributed by atoms with Crippen LogP contribution in [0, 0.1) is 13.8 Å². The van der Waals surface area contributed by atoms with Gasteiger partial charge < -0.3 is 20.1 Å². The Morgan fingerprint density at radius 2 is 1.97 bits per heavy atom. The number of fused-ring (bicyclic) bond motifs is 1. The van der Waals surface area contributed by atoms with E-state index in [0.29, 0.717) is 22.7 Å². The highest BCUT2D eigenvalue weighted by Crippen LogP contribution is 2.35. The van der Waals surface area contributed by atoms with Gasteiger partial charge in [-0.15, -0.1) is 0 Å². The third-order valence-corrected chi connectivity index (χ3v) is 6.84. The number of ether oxygens (including phenoxy) is 2. The Kier molecular flexibility index (Phi) is 6.23. The Labute approximate surface area is 181 Å². The fraction of sp³-hybridized carbons (Fsp3) is 0.333. The molecule has 1 heterocycles. The normalized spacial score (nSPS) is 15.7. The Morgan fingerprint density at radius 3 is 2.65 bits per heavy atom. The highest BCUT2D eigenvalue weighted by atomic mass is 32.2. The molecule has 1 atom stereocenters. The van der Waals surface area contributed by atoms with E-state index in [9.17, 15) is 18.0 Å². The molecule has 0 spiro atoms. The molecule has 2 aromatic rings. The molecule has 2 N–H and O–H groups in total. The summed E-state index contributed by atoms with van der Waals surface area (Å²) in [5.41, 5.74) is 2.21. The number of carbonyl (C=O) groups is 2. The van der Waals surface area contributed by atoms with Gasteiger partial charge in [0.2, 0.25) is 15.9 Å². The van der Waals surface area contributed by atoms with Crippen LogP contribution in [0.15, 0.2) is 35.2 Å². The van der Waals surface area contributed by atoms with E-state index >= 15 is 0 Å². The van der Waals surface area contributed by atoms with E-state index in [1.807, 2.05) is 13.0 Å². The predicted octanol–water partition coefficient (Wildman–Crippen LogP) is 2.29. The van der Waals surface area contributed by atoms with Crippen molar-refractivity contribution in [2.75, 3.05) is 31.3 Å². The summed E-state index contributed by atoms with van der Waals surface area (Å²) in [6.45, 7) is 4.66. The molecule has 2 aromatic carbocycles. The van der Waals surface area contributed by atoms with Gasteiger partial charge >= 0.3 is 0 Å². The van der Waals surface area contributed by atoms with Crippen molar-refractivity contribution in [3.63, 3.8) is 0 Å². The molecule has 0 fully saturated rings. The number of nitrogens with zero attached hydrogens (tertiary/aromatic N) is 1. The van der Waals surface area contributed by atoms with Crippen LogP contribution in [0.4, 0.5) is 11.4 Å². The quantitative estimate of drug-likeness (QED) is 0.702. The second-order valence-electron chi connectivity index (χ2n) is 7.38. The van der Waals surface area contributed by atoms with Crippen LogP contribution in [-0.4, -0.2) is 51.3 Å². The van der Waals surface area contributed by atoms with Crippen LogP contribution in [0.3, 0.4) is 0 Å². The van der Waals surface area contributed by atoms with E-state index in [1.165, 1.54) is 26.3 Å². The zero-order chi connectivity index (χ0) is 22.9. The lowest BCUT2D eigenvalue weighted by Crippen LogP contribution is -2.36. The second kappa shape index (κ2) is 8.56. The Bertz CT molecular complexity index is 1150. The fourth-order valence-corrected chi connectivity index (χ4v) is 4.53. The Balaban J connectivity index is 1.81. The van der Waals surface area contributed by atoms with Crippen molar-refractivity contribution in [3.8, 4) is 11.5 Å². The molecule has 1 aliphatic rings. The van der Waals surface area contributed by atoms with E-state index in [1.54, 1.807) is 26.0 Å². The van der Waals surface area contributed by atoms with Crippen LogP contribution in [0.5, 0.6) is 11.5 Å². The highest BCUT2D eigenvalue weighted by molar-refractivity contribution is 7.89. The number of rotatable bonds is 6. The zero-order valence-electron chi connectivity index (χ0n) is 18.0. The molecule has 0 aliphatic carbocycles. The predicted molar refractivity (Wildman–Crippen MR) is 116 cm³/mol. The standard InChI is InChI=1S/C21H25N3O6S/c1-12-6-7-17(29-5)15(8-12)22-20(25)11-24(4)31(27,28)19-10-18-16(9-13(19)2)23-21(26)14(3)30-18/h6-10,14H,11H2,1-5H3,(H,22,25)(H,23,26). The molecule has 1 aliphatic heterocycles. The van der Waals surface area contributed by atoms with Gasteiger partial charge in [0.05, 0.1) is 29.9 Å². The summed E-state index contributed by atoms with van der Waals surface area (Å²) in [7, 11) is -1.18. The number of likely N-dealkylation sites (N-methyl/N-ethyl adjacent to an activating group) is 1. The molecule has 0 saturated heterocycles. The summed E-state index contributed by atoms with van der Waals surface area (Å²) in [5.74, 6) is -0.0764. The molecule has 31 heavy (non-hydrogen) atoms. The summed E-state index contributed by atoms with van der Waals surface area (Å²) >= 11 is 0. The van der Waals surface area contributed by atoms with Crippen LogP contribution >= 0.6 is 0 Å². The van der Waals surface area contributed by atoms with Gasteiger partial charge in [0, 0.05) is 13.1 Å². The molecular formula is C21H25N3O6S. The van der Waals surface area contributed by atoms with Gasteiger partial charge in [0.15, 0.2) is 6.10 Å². The minimum absolute atomic E-state index is 0.00182. The van der Waals surface area contributed by atoms with Crippen molar-refractivity contribution in [3.05, 3.63) is 41.5 Å². The van der Waals surface area contributed by atoms with Crippen molar-refractivity contribution in [1.29, 1.82) is 0 Å². The summed E-state index contributed by atoms with van der Waals surface area (Å²) < 4.78 is 38.0. The van der Waals surface area contributed by atoms with Gasteiger partial charge in [0.1, 0.15) is 11.5 Å². The van der Waals surface area contributed by atoms with Crippen molar-refractivity contribution in [2.24, 2.45) is 0 Å². The van der Waals surface area contributed by atoms with Gasteiger partial charge in [-0.25, -0.2) is 8.42 Å². The SMILES string of the molecule is COc1ccc(C)cc1NC(=O)CN(C)S(=O)(=O)c1cc2c(cc1C)NC(=O)C(C)O2. The van der Waals surface area contributed by atoms with E-state index in [0.717, 1.165) is 9.87 Å². The van der Waals surface area contributed by atoms with Crippen molar-refractivity contribution in [2.45, 2.75) is 31.8 Å². The summed E-state index contributed by atoms with van der Waals surface area (Å²) in [5, 5.41) is 5.37. The van der Waals surface area contributed by atoms with Gasteiger partial charge in [-0.1, -0.05) is 6.07 Å². The third kappa shape index (κ3) is 4.64. The number of hydrogen-bond donors (Lipinski definition) is 2. The first-order chi connectivity index (χ1) is 14.5. The lowest BCUT2D eigenvalue weighted by molar-refractivity contribution is -0.122. The number of aryl methyl sites for hydroxylation is 2. The minimum atomic E-state index is -4.00. The van der Waals surface area contributed by atoms with Crippen LogP contribution in [0.2, 0.25) is 0 Å². The lowest BCUT2D eigenvalue weighted by atomic mass is 10.1. The molecule has 166 valence electrons. The van der Waals surface area contributed by atoms with Crippen LogP contribution in [0.25, 0.3) is 0 Å². The average Bonchev–Trinajstić information content (AvgIpc) is 2.68. The van der Waals surface area contributed by atoms with E-state index in [-0.39, 0.29) is 16.6 Å². The topological polar surface area (TPSA) is 114 Å². The number of amides is 2. The van der Waals surface area contributed by atoms with E-state index < -0.39 is 28.6 Å². The zero-order valence-corrected chi connectivity index (χ0v) is 18.8.